The molecule has 7 heteroatoms. The summed E-state index contributed by atoms with van der Waals surface area (Å²) in [5, 5.41) is 3.03. The maximum atomic E-state index is 12.3. The monoisotopic (exact) mass is 351 g/mol. The van der Waals surface area contributed by atoms with Gasteiger partial charge < -0.3 is 5.32 Å². The van der Waals surface area contributed by atoms with E-state index in [9.17, 15) is 13.2 Å². The highest BCUT2D eigenvalue weighted by molar-refractivity contribution is 8.13. The Labute approximate surface area is 135 Å². The molecule has 0 fully saturated rings. The van der Waals surface area contributed by atoms with Gasteiger partial charge in [0.2, 0.25) is 0 Å². The fourth-order valence-electron chi connectivity index (χ4n) is 2.10. The Morgan fingerprint density at radius 3 is 2.33 bits per heavy atom. The molecule has 4 nitrogen and oxygen atoms in total. The third-order valence-electron chi connectivity index (χ3n) is 3.05. The lowest BCUT2D eigenvalue weighted by Gasteiger charge is -2.17. The summed E-state index contributed by atoms with van der Waals surface area (Å²) in [6, 6.07) is 2.47. The van der Waals surface area contributed by atoms with E-state index >= 15 is 0 Å². The zero-order valence-corrected chi connectivity index (χ0v) is 14.7. The number of halogens is 2. The molecule has 1 unspecified atom stereocenters. The van der Waals surface area contributed by atoms with Crippen molar-refractivity contribution < 1.29 is 13.2 Å². The quantitative estimate of drug-likeness (QED) is 0.821. The van der Waals surface area contributed by atoms with Gasteiger partial charge in [-0.2, -0.15) is 0 Å². The minimum absolute atomic E-state index is 0.0214. The second-order valence-corrected chi connectivity index (χ2v) is 8.49. The van der Waals surface area contributed by atoms with E-state index in [4.69, 9.17) is 22.3 Å². The summed E-state index contributed by atoms with van der Waals surface area (Å²) in [7, 11) is 1.38. The second-order valence-electron chi connectivity index (χ2n) is 5.52. The lowest BCUT2D eigenvalue weighted by molar-refractivity contribution is 0.0935. The summed E-state index contributed by atoms with van der Waals surface area (Å²) < 4.78 is 22.8. The first-order valence-electron chi connectivity index (χ1n) is 6.58. The molecule has 0 aliphatic heterocycles. The summed E-state index contributed by atoms with van der Waals surface area (Å²) >= 11 is 5.99. The molecule has 0 aliphatic rings. The third-order valence-corrected chi connectivity index (χ3v) is 4.77. The van der Waals surface area contributed by atoms with Gasteiger partial charge in [0.05, 0.1) is 4.90 Å². The van der Waals surface area contributed by atoms with Gasteiger partial charge >= 0.3 is 0 Å². The average Bonchev–Trinajstić information content (AvgIpc) is 2.29. The lowest BCUT2D eigenvalue weighted by atomic mass is 10.0. The fraction of sp³-hybridized carbons (Fsp3) is 0.500. The lowest BCUT2D eigenvalue weighted by Crippen LogP contribution is -2.34. The van der Waals surface area contributed by atoms with E-state index in [1.807, 2.05) is 6.92 Å². The van der Waals surface area contributed by atoms with Crippen molar-refractivity contribution in [2.24, 2.45) is 5.92 Å². The van der Waals surface area contributed by atoms with Gasteiger partial charge in [0, 0.05) is 27.3 Å². The van der Waals surface area contributed by atoms with Crippen LogP contribution in [0.5, 0.6) is 0 Å². The highest BCUT2D eigenvalue weighted by Crippen LogP contribution is 2.26. The number of carbonyl (C=O) groups excluding carboxylic acids is 1. The van der Waals surface area contributed by atoms with Crippen LogP contribution in [0.1, 0.15) is 43.1 Å². The van der Waals surface area contributed by atoms with Crippen LogP contribution in [0.25, 0.3) is 0 Å². The van der Waals surface area contributed by atoms with Crippen molar-refractivity contribution in [2.75, 3.05) is 0 Å². The normalized spacial score (nSPS) is 13.3. The minimum atomic E-state index is -3.94. The topological polar surface area (TPSA) is 63.2 Å². The Morgan fingerprint density at radius 2 is 1.86 bits per heavy atom. The molecule has 0 heterocycles. The predicted molar refractivity (Wildman–Crippen MR) is 85.6 cm³/mol. The predicted octanol–water partition coefficient (Wildman–Crippen LogP) is 3.74. The Morgan fingerprint density at radius 1 is 1.29 bits per heavy atom. The number of hydrogen-bond donors (Lipinski definition) is 1. The Bertz CT molecular complexity index is 642. The van der Waals surface area contributed by atoms with Crippen molar-refractivity contribution >= 4 is 37.2 Å². The SMILES string of the molecule is Cc1c(Cl)cc(S(=O)(=O)Cl)cc1C(=O)NC(C)CC(C)C. The molecule has 0 saturated carbocycles. The molecule has 0 radical (unpaired) electrons. The van der Waals surface area contributed by atoms with E-state index in [0.29, 0.717) is 11.5 Å². The van der Waals surface area contributed by atoms with Crippen LogP contribution >= 0.6 is 22.3 Å². The molecule has 1 aromatic carbocycles. The van der Waals surface area contributed by atoms with Crippen molar-refractivity contribution in [3.8, 4) is 0 Å². The highest BCUT2D eigenvalue weighted by atomic mass is 35.7. The molecule has 0 spiro atoms. The van der Waals surface area contributed by atoms with Gasteiger partial charge in [0.15, 0.2) is 0 Å². The van der Waals surface area contributed by atoms with Crippen LogP contribution in [-0.4, -0.2) is 20.4 Å². The van der Waals surface area contributed by atoms with Gasteiger partial charge in [0.1, 0.15) is 0 Å². The number of hydrogen-bond acceptors (Lipinski definition) is 3. The molecular weight excluding hydrogens is 333 g/mol. The van der Waals surface area contributed by atoms with E-state index in [2.05, 4.69) is 19.2 Å². The summed E-state index contributed by atoms with van der Waals surface area (Å²) in [4.78, 5) is 12.1. The Balaban J connectivity index is 3.12. The molecule has 0 saturated heterocycles. The standard InChI is InChI=1S/C14H19Cl2NO3S/c1-8(2)5-9(3)17-14(18)12-6-11(21(16,19)20)7-13(15)10(12)4/h6-9H,5H2,1-4H3,(H,17,18). The molecule has 1 amide bonds. The number of benzene rings is 1. The second kappa shape index (κ2) is 6.99. The average molecular weight is 352 g/mol. The molecule has 0 aromatic heterocycles. The van der Waals surface area contributed by atoms with Crippen LogP contribution < -0.4 is 5.32 Å². The van der Waals surface area contributed by atoms with E-state index in [0.717, 1.165) is 6.42 Å². The van der Waals surface area contributed by atoms with Crippen LogP contribution in [0.3, 0.4) is 0 Å². The van der Waals surface area contributed by atoms with Crippen molar-refractivity contribution in [3.63, 3.8) is 0 Å². The van der Waals surface area contributed by atoms with Gasteiger partial charge in [-0.15, -0.1) is 0 Å². The zero-order chi connectivity index (χ0) is 16.4. The van der Waals surface area contributed by atoms with Crippen molar-refractivity contribution in [1.29, 1.82) is 0 Å². The highest BCUT2D eigenvalue weighted by Gasteiger charge is 2.20. The number of nitrogens with one attached hydrogen (secondary N) is 1. The van der Waals surface area contributed by atoms with E-state index in [1.54, 1.807) is 6.92 Å². The first-order valence-corrected chi connectivity index (χ1v) is 9.26. The smallest absolute Gasteiger partial charge is 0.261 e. The van der Waals surface area contributed by atoms with Crippen LogP contribution in [0.15, 0.2) is 17.0 Å². The Hall–Kier alpha value is -0.780. The van der Waals surface area contributed by atoms with Crippen molar-refractivity contribution in [1.82, 2.24) is 5.32 Å². The molecule has 1 rings (SSSR count). The van der Waals surface area contributed by atoms with Crippen LogP contribution in [0.4, 0.5) is 0 Å². The molecule has 0 bridgehead atoms. The van der Waals surface area contributed by atoms with Gasteiger partial charge in [-0.25, -0.2) is 8.42 Å². The molecule has 1 N–H and O–H groups in total. The molecule has 21 heavy (non-hydrogen) atoms. The molecule has 1 atom stereocenters. The largest absolute Gasteiger partial charge is 0.350 e. The van der Waals surface area contributed by atoms with Gasteiger partial charge in [-0.05, 0) is 43.9 Å². The summed E-state index contributed by atoms with van der Waals surface area (Å²) in [5.41, 5.74) is 0.743. The third kappa shape index (κ3) is 5.16. The molecule has 0 aliphatic carbocycles. The van der Waals surface area contributed by atoms with Crippen molar-refractivity contribution in [2.45, 2.75) is 45.1 Å². The van der Waals surface area contributed by atoms with E-state index in [-0.39, 0.29) is 27.4 Å². The number of amides is 1. The molecular formula is C14H19Cl2NO3S. The summed E-state index contributed by atoms with van der Waals surface area (Å²) in [6.07, 6.45) is 0.825. The number of rotatable bonds is 5. The molecule has 118 valence electrons. The van der Waals surface area contributed by atoms with Crippen LogP contribution in [-0.2, 0) is 9.05 Å². The van der Waals surface area contributed by atoms with Crippen LogP contribution in [0.2, 0.25) is 5.02 Å². The summed E-state index contributed by atoms with van der Waals surface area (Å²) in [5.74, 6) is 0.0873. The van der Waals surface area contributed by atoms with Gasteiger partial charge in [-0.1, -0.05) is 25.4 Å². The van der Waals surface area contributed by atoms with E-state index in [1.165, 1.54) is 12.1 Å². The minimum Gasteiger partial charge on any atom is -0.350 e. The maximum absolute atomic E-state index is 12.3. The first kappa shape index (κ1) is 18.3. The maximum Gasteiger partial charge on any atom is 0.261 e. The van der Waals surface area contributed by atoms with Gasteiger partial charge in [0.25, 0.3) is 15.0 Å². The fourth-order valence-corrected chi connectivity index (χ4v) is 3.17. The van der Waals surface area contributed by atoms with Crippen LogP contribution in [0, 0.1) is 12.8 Å². The zero-order valence-electron chi connectivity index (χ0n) is 12.4. The number of carbonyl (C=O) groups is 1. The Kier molecular flexibility index (Phi) is 6.08. The first-order chi connectivity index (χ1) is 9.52. The summed E-state index contributed by atoms with van der Waals surface area (Å²) in [6.45, 7) is 7.68. The van der Waals surface area contributed by atoms with Gasteiger partial charge in [-0.3, -0.25) is 4.79 Å². The van der Waals surface area contributed by atoms with E-state index < -0.39 is 9.05 Å². The molecule has 1 aromatic rings. The van der Waals surface area contributed by atoms with Crippen molar-refractivity contribution in [3.05, 3.63) is 28.3 Å².